The predicted molar refractivity (Wildman–Crippen MR) is 114 cm³/mol. The fourth-order valence-corrected chi connectivity index (χ4v) is 4.59. The van der Waals surface area contributed by atoms with Gasteiger partial charge in [-0.05, 0) is 31.2 Å². The molecular formula is C18H22ClN3O6S2. The number of carbonyl (C=O) groups excluding carboxylic acids is 1. The van der Waals surface area contributed by atoms with Gasteiger partial charge >= 0.3 is 5.97 Å². The number of morpholine rings is 1. The average molecular weight is 476 g/mol. The smallest absolute Gasteiger partial charge is 0.352 e. The minimum absolute atomic E-state index is 0.00309. The van der Waals surface area contributed by atoms with E-state index < -0.39 is 16.0 Å². The fourth-order valence-electron chi connectivity index (χ4n) is 2.84. The fraction of sp³-hybridized carbons (Fsp3) is 0.389. The molecule has 0 saturated carbocycles. The van der Waals surface area contributed by atoms with Crippen molar-refractivity contribution in [2.75, 3.05) is 31.6 Å². The first-order valence-corrected chi connectivity index (χ1v) is 11.8. The Morgan fingerprint density at radius 2 is 2.13 bits per heavy atom. The van der Waals surface area contributed by atoms with Crippen LogP contribution in [0.4, 0.5) is 5.69 Å². The number of nitrogens with one attached hydrogen (secondary N) is 1. The van der Waals surface area contributed by atoms with Crippen molar-refractivity contribution in [3.63, 3.8) is 0 Å². The molecule has 3 N–H and O–H groups in total. The molecule has 1 aromatic heterocycles. The summed E-state index contributed by atoms with van der Waals surface area (Å²) < 4.78 is 39.6. The highest BCUT2D eigenvalue weighted by atomic mass is 35.5. The Bertz CT molecular complexity index is 978. The Morgan fingerprint density at radius 3 is 2.77 bits per heavy atom. The van der Waals surface area contributed by atoms with Crippen molar-refractivity contribution in [3.05, 3.63) is 46.9 Å². The van der Waals surface area contributed by atoms with Gasteiger partial charge in [0.15, 0.2) is 0 Å². The maximum atomic E-state index is 12.8. The number of benzene rings is 1. The van der Waals surface area contributed by atoms with E-state index in [0.717, 1.165) is 31.2 Å². The minimum atomic E-state index is -4.13. The summed E-state index contributed by atoms with van der Waals surface area (Å²) in [6, 6.07) is 5.93. The first kappa shape index (κ1) is 22.9. The highest BCUT2D eigenvalue weighted by Gasteiger charge is 2.24. The molecule has 0 aliphatic carbocycles. The van der Waals surface area contributed by atoms with Crippen LogP contribution in [0.25, 0.3) is 0 Å². The number of halogens is 1. The van der Waals surface area contributed by atoms with Crippen LogP contribution < -0.4 is 10.5 Å². The summed E-state index contributed by atoms with van der Waals surface area (Å²) in [6.07, 6.45) is 1.52. The van der Waals surface area contributed by atoms with E-state index in [1.807, 2.05) is 6.92 Å². The molecular weight excluding hydrogens is 454 g/mol. The van der Waals surface area contributed by atoms with E-state index in [2.05, 4.69) is 10.2 Å². The molecule has 2 heterocycles. The Morgan fingerprint density at radius 1 is 1.40 bits per heavy atom. The van der Waals surface area contributed by atoms with Gasteiger partial charge in [-0.25, -0.2) is 18.4 Å². The molecule has 0 bridgehead atoms. The highest BCUT2D eigenvalue weighted by Crippen LogP contribution is 2.30. The van der Waals surface area contributed by atoms with E-state index in [4.69, 9.17) is 30.1 Å². The number of hydrogen-bond donors (Lipinski definition) is 2. The van der Waals surface area contributed by atoms with Gasteiger partial charge in [0.2, 0.25) is 10.0 Å². The lowest BCUT2D eigenvalue weighted by Crippen LogP contribution is -2.40. The molecule has 12 heteroatoms. The van der Waals surface area contributed by atoms with Gasteiger partial charge in [-0.3, -0.25) is 4.90 Å². The van der Waals surface area contributed by atoms with Crippen molar-refractivity contribution in [2.24, 2.45) is 5.14 Å². The number of hydrogen-bond acceptors (Lipinski definition) is 9. The third-order valence-corrected chi connectivity index (χ3v) is 6.65. The molecule has 1 atom stereocenters. The lowest BCUT2D eigenvalue weighted by molar-refractivity contribution is 0.0339. The van der Waals surface area contributed by atoms with Gasteiger partial charge in [0.25, 0.3) is 0 Å². The number of rotatable bonds is 8. The van der Waals surface area contributed by atoms with Crippen LogP contribution in [0.3, 0.4) is 0 Å². The molecule has 0 radical (unpaired) electrons. The first-order valence-electron chi connectivity index (χ1n) is 9.08. The second kappa shape index (κ2) is 10.0. The summed E-state index contributed by atoms with van der Waals surface area (Å²) in [5.74, 6) is -0.0973. The molecule has 1 fully saturated rings. The number of sulfonamides is 1. The topological polar surface area (TPSA) is 124 Å². The second-order valence-corrected chi connectivity index (χ2v) is 9.50. The van der Waals surface area contributed by atoms with Gasteiger partial charge in [0.1, 0.15) is 10.7 Å². The highest BCUT2D eigenvalue weighted by molar-refractivity contribution is 7.95. The van der Waals surface area contributed by atoms with Crippen LogP contribution >= 0.6 is 23.6 Å². The summed E-state index contributed by atoms with van der Waals surface area (Å²) in [6.45, 7) is 4.88. The van der Waals surface area contributed by atoms with E-state index >= 15 is 0 Å². The monoisotopic (exact) mass is 475 g/mol. The summed E-state index contributed by atoms with van der Waals surface area (Å²) >= 11 is 7.07. The van der Waals surface area contributed by atoms with Gasteiger partial charge in [-0.2, -0.15) is 0 Å². The van der Waals surface area contributed by atoms with Crippen LogP contribution in [0.15, 0.2) is 39.8 Å². The van der Waals surface area contributed by atoms with Gasteiger partial charge in [-0.15, -0.1) is 0 Å². The molecule has 30 heavy (non-hydrogen) atoms. The number of carbonyl (C=O) groups is 1. The van der Waals surface area contributed by atoms with E-state index in [1.165, 1.54) is 12.3 Å². The number of furan rings is 1. The van der Waals surface area contributed by atoms with Crippen LogP contribution in [-0.2, 0) is 25.5 Å². The Balaban J connectivity index is 1.79. The third kappa shape index (κ3) is 5.90. The Hall–Kier alpha value is -1.76. The third-order valence-electron chi connectivity index (χ3n) is 4.45. The molecule has 9 nitrogen and oxygen atoms in total. The zero-order valence-corrected chi connectivity index (χ0v) is 18.6. The second-order valence-electron chi connectivity index (χ2n) is 6.52. The maximum Gasteiger partial charge on any atom is 0.352 e. The molecule has 1 aliphatic rings. The van der Waals surface area contributed by atoms with Gasteiger partial charge < -0.3 is 18.7 Å². The summed E-state index contributed by atoms with van der Waals surface area (Å²) in [4.78, 5) is 14.5. The summed E-state index contributed by atoms with van der Waals surface area (Å²) in [5.41, 5.74) is 0.296. The first-order chi connectivity index (χ1) is 14.3. The normalized spacial score (nSPS) is 16.2. The number of anilines is 1. The van der Waals surface area contributed by atoms with Crippen molar-refractivity contribution in [1.29, 1.82) is 0 Å². The summed E-state index contributed by atoms with van der Waals surface area (Å²) in [5, 5.41) is 8.04. The standard InChI is InChI=1S/C18H22ClN3O6S2/c1-12(22-4-7-26-8-5-22)29-28-18(23)14-9-17(30(20,24)25)15(19)10-16(14)21-11-13-3-2-6-27-13/h2-3,6,9-10,12,21H,4-5,7-8,11H2,1H3,(H2,20,24,25). The quantitative estimate of drug-likeness (QED) is 0.554. The molecule has 164 valence electrons. The molecule has 1 aromatic carbocycles. The van der Waals surface area contributed by atoms with Gasteiger partial charge in [0.05, 0.1) is 59.7 Å². The largest absolute Gasteiger partial charge is 0.467 e. The van der Waals surface area contributed by atoms with Gasteiger partial charge in [0, 0.05) is 13.1 Å². The van der Waals surface area contributed by atoms with Crippen LogP contribution in [-0.4, -0.2) is 51.0 Å². The van der Waals surface area contributed by atoms with Crippen molar-refractivity contribution >= 4 is 45.3 Å². The minimum Gasteiger partial charge on any atom is -0.467 e. The van der Waals surface area contributed by atoms with Crippen molar-refractivity contribution < 1.29 is 26.5 Å². The van der Waals surface area contributed by atoms with Crippen LogP contribution in [0, 0.1) is 0 Å². The van der Waals surface area contributed by atoms with Crippen LogP contribution in [0.1, 0.15) is 23.0 Å². The SMILES string of the molecule is CC(SOC(=O)c1cc(S(N)(=O)=O)c(Cl)cc1NCc1ccco1)N1CCOCC1. The van der Waals surface area contributed by atoms with Crippen LogP contribution in [0.2, 0.25) is 5.02 Å². The predicted octanol–water partition coefficient (Wildman–Crippen LogP) is 2.68. The zero-order valence-electron chi connectivity index (χ0n) is 16.2. The van der Waals surface area contributed by atoms with Gasteiger partial charge in [-0.1, -0.05) is 11.6 Å². The molecule has 1 saturated heterocycles. The van der Waals surface area contributed by atoms with E-state index in [9.17, 15) is 13.2 Å². The van der Waals surface area contributed by atoms with Crippen LogP contribution in [0.5, 0.6) is 0 Å². The number of primary sulfonamides is 1. The maximum absolute atomic E-state index is 12.8. The molecule has 1 aliphatic heterocycles. The molecule has 1 unspecified atom stereocenters. The Kier molecular flexibility index (Phi) is 7.66. The van der Waals surface area contributed by atoms with E-state index in [-0.39, 0.29) is 27.4 Å². The van der Waals surface area contributed by atoms with Crippen molar-refractivity contribution in [2.45, 2.75) is 23.7 Å². The van der Waals surface area contributed by atoms with Crippen molar-refractivity contribution in [3.8, 4) is 0 Å². The number of nitrogens with two attached hydrogens (primary N) is 1. The lowest BCUT2D eigenvalue weighted by atomic mass is 10.1. The molecule has 2 aromatic rings. The Labute approximate surface area is 184 Å². The van der Waals surface area contributed by atoms with E-state index in [1.54, 1.807) is 12.1 Å². The zero-order chi connectivity index (χ0) is 21.7. The van der Waals surface area contributed by atoms with E-state index in [0.29, 0.717) is 24.7 Å². The molecule has 0 spiro atoms. The molecule has 3 rings (SSSR count). The lowest BCUT2D eigenvalue weighted by Gasteiger charge is -2.30. The molecule has 0 amide bonds. The van der Waals surface area contributed by atoms with Crippen molar-refractivity contribution in [1.82, 2.24) is 4.90 Å². The average Bonchev–Trinajstić information content (AvgIpc) is 3.23. The number of ether oxygens (including phenoxy) is 1. The summed E-state index contributed by atoms with van der Waals surface area (Å²) in [7, 11) is -4.13. The number of nitrogens with zero attached hydrogens (tertiary/aromatic N) is 1.